The molecule has 1 unspecified atom stereocenters. The molecule has 0 spiro atoms. The lowest BCUT2D eigenvalue weighted by Crippen LogP contribution is -2.07. The first kappa shape index (κ1) is 14.7. The number of nitrogens with zero attached hydrogens (tertiary/aromatic N) is 1. The number of benzene rings is 1. The van der Waals surface area contributed by atoms with Gasteiger partial charge in [0.25, 0.3) is 0 Å². The predicted molar refractivity (Wildman–Crippen MR) is 74.4 cm³/mol. The van der Waals surface area contributed by atoms with Gasteiger partial charge in [0.05, 0.1) is 21.0 Å². The van der Waals surface area contributed by atoms with Crippen molar-refractivity contribution in [1.29, 1.82) is 0 Å². The normalized spacial score (nSPS) is 12.2. The molecule has 0 aliphatic heterocycles. The SMILES string of the molecule is CC(Nc1cc([N+](=O)[O-])c(F)cc1F)c1ccc(Cl)s1. The summed E-state index contributed by atoms with van der Waals surface area (Å²) in [4.78, 5) is 10.6. The molecule has 0 bridgehead atoms. The van der Waals surface area contributed by atoms with Crippen molar-refractivity contribution in [2.75, 3.05) is 5.32 Å². The molecule has 1 atom stereocenters. The van der Waals surface area contributed by atoms with Crippen LogP contribution in [-0.2, 0) is 0 Å². The van der Waals surface area contributed by atoms with Crippen molar-refractivity contribution in [1.82, 2.24) is 0 Å². The van der Waals surface area contributed by atoms with Gasteiger partial charge in [0.1, 0.15) is 5.82 Å². The molecule has 4 nitrogen and oxygen atoms in total. The van der Waals surface area contributed by atoms with Crippen molar-refractivity contribution in [2.24, 2.45) is 0 Å². The summed E-state index contributed by atoms with van der Waals surface area (Å²) in [5, 5.41) is 13.4. The second-order valence-corrected chi connectivity index (χ2v) is 5.80. The summed E-state index contributed by atoms with van der Waals surface area (Å²) in [5.41, 5.74) is -0.902. The number of hydrogen-bond donors (Lipinski definition) is 1. The van der Waals surface area contributed by atoms with E-state index in [2.05, 4.69) is 5.32 Å². The first-order valence-corrected chi connectivity index (χ1v) is 6.73. The summed E-state index contributed by atoms with van der Waals surface area (Å²) in [6.07, 6.45) is 0. The standard InChI is InChI=1S/C12H9ClF2N2O2S/c1-6(11-2-3-12(13)20-11)16-9-5-10(17(18)19)8(15)4-7(9)14/h2-6,16H,1H3. The summed E-state index contributed by atoms with van der Waals surface area (Å²) >= 11 is 7.11. The van der Waals surface area contributed by atoms with E-state index < -0.39 is 22.2 Å². The average molecular weight is 319 g/mol. The van der Waals surface area contributed by atoms with Gasteiger partial charge in [-0.05, 0) is 19.1 Å². The molecule has 0 fully saturated rings. The second-order valence-electron chi connectivity index (χ2n) is 4.05. The van der Waals surface area contributed by atoms with E-state index in [0.29, 0.717) is 10.4 Å². The van der Waals surface area contributed by atoms with Gasteiger partial charge in [-0.2, -0.15) is 4.39 Å². The zero-order valence-corrected chi connectivity index (χ0v) is 11.8. The molecule has 0 saturated heterocycles. The molecule has 0 amide bonds. The van der Waals surface area contributed by atoms with Crippen LogP contribution in [0, 0.1) is 21.7 Å². The molecule has 106 valence electrons. The molecular weight excluding hydrogens is 310 g/mol. The van der Waals surface area contributed by atoms with Crippen LogP contribution in [0.1, 0.15) is 17.8 Å². The fourth-order valence-electron chi connectivity index (χ4n) is 1.65. The zero-order chi connectivity index (χ0) is 14.9. The fourth-order valence-corrected chi connectivity index (χ4v) is 2.72. The lowest BCUT2D eigenvalue weighted by Gasteiger charge is -2.14. The van der Waals surface area contributed by atoms with E-state index in [1.54, 1.807) is 19.1 Å². The van der Waals surface area contributed by atoms with E-state index in [1.807, 2.05) is 0 Å². The van der Waals surface area contributed by atoms with Crippen LogP contribution >= 0.6 is 22.9 Å². The molecule has 8 heteroatoms. The number of anilines is 1. The zero-order valence-electron chi connectivity index (χ0n) is 10.2. The quantitative estimate of drug-likeness (QED) is 0.653. The molecule has 1 heterocycles. The molecule has 0 saturated carbocycles. The Labute approximate surface area is 122 Å². The predicted octanol–water partition coefficient (Wildman–Crippen LogP) is 4.76. The maximum atomic E-state index is 13.6. The Morgan fingerprint density at radius 1 is 1.35 bits per heavy atom. The highest BCUT2D eigenvalue weighted by Crippen LogP contribution is 2.31. The summed E-state index contributed by atoms with van der Waals surface area (Å²) in [6.45, 7) is 1.75. The minimum atomic E-state index is -1.20. The van der Waals surface area contributed by atoms with E-state index in [9.17, 15) is 18.9 Å². The smallest absolute Gasteiger partial charge is 0.307 e. The Morgan fingerprint density at radius 3 is 2.60 bits per heavy atom. The van der Waals surface area contributed by atoms with E-state index in [1.165, 1.54) is 11.3 Å². The van der Waals surface area contributed by atoms with Gasteiger partial charge in [0, 0.05) is 17.0 Å². The maximum Gasteiger partial charge on any atom is 0.307 e. The third kappa shape index (κ3) is 3.05. The molecule has 1 aromatic heterocycles. The summed E-state index contributed by atoms with van der Waals surface area (Å²) in [5.74, 6) is -2.09. The highest BCUT2D eigenvalue weighted by Gasteiger charge is 2.20. The van der Waals surface area contributed by atoms with Crippen molar-refractivity contribution in [3.63, 3.8) is 0 Å². The Balaban J connectivity index is 2.29. The highest BCUT2D eigenvalue weighted by atomic mass is 35.5. The number of nitro groups is 1. The minimum absolute atomic E-state index is 0.130. The Morgan fingerprint density at radius 2 is 2.05 bits per heavy atom. The molecule has 1 N–H and O–H groups in total. The van der Waals surface area contributed by atoms with Gasteiger partial charge in [-0.1, -0.05) is 11.6 Å². The second kappa shape index (κ2) is 5.72. The minimum Gasteiger partial charge on any atom is -0.375 e. The molecular formula is C12H9ClF2N2O2S. The summed E-state index contributed by atoms with van der Waals surface area (Å²) in [7, 11) is 0. The topological polar surface area (TPSA) is 55.2 Å². The van der Waals surface area contributed by atoms with Gasteiger partial charge >= 0.3 is 5.69 Å². The van der Waals surface area contributed by atoms with Crippen LogP contribution in [0.5, 0.6) is 0 Å². The average Bonchev–Trinajstić information content (AvgIpc) is 2.79. The maximum absolute atomic E-state index is 13.6. The van der Waals surface area contributed by atoms with Gasteiger partial charge in [0.2, 0.25) is 5.82 Å². The van der Waals surface area contributed by atoms with Crippen LogP contribution in [0.25, 0.3) is 0 Å². The van der Waals surface area contributed by atoms with E-state index in [4.69, 9.17) is 11.6 Å². The van der Waals surface area contributed by atoms with Crippen molar-refractivity contribution in [2.45, 2.75) is 13.0 Å². The first-order chi connectivity index (χ1) is 9.38. The van der Waals surface area contributed by atoms with Crippen LogP contribution in [0.15, 0.2) is 24.3 Å². The molecule has 2 aromatic rings. The Hall–Kier alpha value is -1.73. The van der Waals surface area contributed by atoms with E-state index in [-0.39, 0.29) is 11.7 Å². The van der Waals surface area contributed by atoms with Crippen LogP contribution in [0.2, 0.25) is 4.34 Å². The van der Waals surface area contributed by atoms with Gasteiger partial charge in [-0.15, -0.1) is 11.3 Å². The van der Waals surface area contributed by atoms with Crippen LogP contribution in [0.3, 0.4) is 0 Å². The van der Waals surface area contributed by atoms with Gasteiger partial charge in [-0.3, -0.25) is 10.1 Å². The number of nitro benzene ring substituents is 1. The monoisotopic (exact) mass is 318 g/mol. The summed E-state index contributed by atoms with van der Waals surface area (Å²) < 4.78 is 27.4. The molecule has 0 aliphatic rings. The highest BCUT2D eigenvalue weighted by molar-refractivity contribution is 7.16. The van der Waals surface area contributed by atoms with E-state index in [0.717, 1.165) is 10.9 Å². The molecule has 0 radical (unpaired) electrons. The molecule has 2 rings (SSSR count). The number of hydrogen-bond acceptors (Lipinski definition) is 4. The van der Waals surface area contributed by atoms with Crippen LogP contribution in [-0.4, -0.2) is 4.92 Å². The number of thiophene rings is 1. The van der Waals surface area contributed by atoms with Crippen LogP contribution < -0.4 is 5.32 Å². The third-order valence-electron chi connectivity index (χ3n) is 2.63. The molecule has 1 aromatic carbocycles. The van der Waals surface area contributed by atoms with Crippen molar-refractivity contribution < 1.29 is 13.7 Å². The van der Waals surface area contributed by atoms with E-state index >= 15 is 0 Å². The number of halogens is 3. The number of rotatable bonds is 4. The van der Waals surface area contributed by atoms with Crippen molar-refractivity contribution in [3.05, 3.63) is 55.2 Å². The lowest BCUT2D eigenvalue weighted by molar-refractivity contribution is -0.387. The Kier molecular flexibility index (Phi) is 4.20. The summed E-state index contributed by atoms with van der Waals surface area (Å²) in [6, 6.07) is 4.49. The van der Waals surface area contributed by atoms with Gasteiger partial charge < -0.3 is 5.32 Å². The Bertz CT molecular complexity index is 663. The van der Waals surface area contributed by atoms with Crippen molar-refractivity contribution in [3.8, 4) is 0 Å². The largest absolute Gasteiger partial charge is 0.375 e. The van der Waals surface area contributed by atoms with Crippen molar-refractivity contribution >= 4 is 34.3 Å². The van der Waals surface area contributed by atoms with Gasteiger partial charge in [-0.25, -0.2) is 4.39 Å². The number of nitrogens with one attached hydrogen (secondary N) is 1. The fraction of sp³-hybridized carbons (Fsp3) is 0.167. The third-order valence-corrected chi connectivity index (χ3v) is 4.04. The molecule has 20 heavy (non-hydrogen) atoms. The van der Waals surface area contributed by atoms with Crippen LogP contribution in [0.4, 0.5) is 20.2 Å². The van der Waals surface area contributed by atoms with Gasteiger partial charge in [0.15, 0.2) is 0 Å². The lowest BCUT2D eigenvalue weighted by atomic mass is 10.2. The molecule has 0 aliphatic carbocycles. The first-order valence-electron chi connectivity index (χ1n) is 5.53.